The fraction of sp³-hybridized carbons (Fsp3) is 0.364. The number of hydrogen-bond acceptors (Lipinski definition) is 4. The molecule has 1 aromatic rings. The Hall–Kier alpha value is -1.82. The van der Waals surface area contributed by atoms with Gasteiger partial charge in [-0.3, -0.25) is 9.59 Å². The number of carbonyl (C=O) groups is 2. The molecule has 0 fully saturated rings. The average molecular weight is 271 g/mol. The largest absolute Gasteiger partial charge is 0.382 e. The van der Waals surface area contributed by atoms with Gasteiger partial charge in [-0.2, -0.15) is 0 Å². The van der Waals surface area contributed by atoms with Crippen LogP contribution in [0.15, 0.2) is 12.3 Å². The van der Waals surface area contributed by atoms with Gasteiger partial charge >= 0.3 is 0 Å². The molecule has 0 aromatic carbocycles. The standard InChI is InChI=1S/C11H15ClN4O2/c1-5(2)8(10(14)17)16-11(18)6-3-7(12)9(13)15-4-6/h3-5,8H,1-2H3,(H2,13,15)(H2,14,17)(H,16,18). The van der Waals surface area contributed by atoms with E-state index in [1.807, 2.05) is 0 Å². The third-order valence-corrected chi connectivity index (χ3v) is 2.69. The maximum Gasteiger partial charge on any atom is 0.253 e. The predicted molar refractivity (Wildman–Crippen MR) is 68.9 cm³/mol. The van der Waals surface area contributed by atoms with Crippen LogP contribution < -0.4 is 16.8 Å². The zero-order valence-corrected chi connectivity index (χ0v) is 10.9. The lowest BCUT2D eigenvalue weighted by Gasteiger charge is -2.18. The summed E-state index contributed by atoms with van der Waals surface area (Å²) in [5, 5.41) is 2.71. The van der Waals surface area contributed by atoms with Crippen LogP contribution in [0, 0.1) is 5.92 Å². The summed E-state index contributed by atoms with van der Waals surface area (Å²) in [7, 11) is 0. The van der Waals surface area contributed by atoms with Crippen molar-refractivity contribution < 1.29 is 9.59 Å². The Labute approximate surface area is 110 Å². The van der Waals surface area contributed by atoms with E-state index >= 15 is 0 Å². The first-order valence-corrected chi connectivity index (χ1v) is 5.72. The Morgan fingerprint density at radius 1 is 1.44 bits per heavy atom. The molecule has 5 N–H and O–H groups in total. The van der Waals surface area contributed by atoms with Gasteiger partial charge in [0.2, 0.25) is 5.91 Å². The summed E-state index contributed by atoms with van der Waals surface area (Å²) in [6.07, 6.45) is 1.29. The Morgan fingerprint density at radius 3 is 2.50 bits per heavy atom. The number of rotatable bonds is 4. The highest BCUT2D eigenvalue weighted by Crippen LogP contribution is 2.16. The number of carbonyl (C=O) groups excluding carboxylic acids is 2. The predicted octanol–water partition coefficient (Wildman–Crippen LogP) is 0.557. The molecule has 1 rings (SSSR count). The molecule has 1 aromatic heterocycles. The normalized spacial score (nSPS) is 12.2. The Morgan fingerprint density at radius 2 is 2.06 bits per heavy atom. The van der Waals surface area contributed by atoms with E-state index < -0.39 is 17.9 Å². The van der Waals surface area contributed by atoms with Gasteiger partial charge in [0.05, 0.1) is 10.6 Å². The van der Waals surface area contributed by atoms with Crippen molar-refractivity contribution in [2.45, 2.75) is 19.9 Å². The van der Waals surface area contributed by atoms with Crippen LogP contribution in [-0.2, 0) is 4.79 Å². The number of pyridine rings is 1. The van der Waals surface area contributed by atoms with E-state index in [1.165, 1.54) is 12.3 Å². The third kappa shape index (κ3) is 3.33. The number of aromatic nitrogens is 1. The van der Waals surface area contributed by atoms with Crippen molar-refractivity contribution in [3.8, 4) is 0 Å². The molecule has 1 unspecified atom stereocenters. The Balaban J connectivity index is 2.87. The quantitative estimate of drug-likeness (QED) is 0.742. The van der Waals surface area contributed by atoms with Crippen LogP contribution in [0.4, 0.5) is 5.82 Å². The number of nitrogens with two attached hydrogens (primary N) is 2. The Bertz CT molecular complexity index is 476. The van der Waals surface area contributed by atoms with Crippen LogP contribution in [0.25, 0.3) is 0 Å². The highest BCUT2D eigenvalue weighted by atomic mass is 35.5. The van der Waals surface area contributed by atoms with E-state index in [0.717, 1.165) is 0 Å². The summed E-state index contributed by atoms with van der Waals surface area (Å²) in [6.45, 7) is 3.56. The molecule has 1 atom stereocenters. The lowest BCUT2D eigenvalue weighted by molar-refractivity contribution is -0.120. The fourth-order valence-corrected chi connectivity index (χ4v) is 1.53. The van der Waals surface area contributed by atoms with Crippen molar-refractivity contribution in [2.24, 2.45) is 11.7 Å². The molecule has 0 aliphatic rings. The summed E-state index contributed by atoms with van der Waals surface area (Å²) in [5.74, 6) is -1.03. The van der Waals surface area contributed by atoms with Crippen LogP contribution in [0.2, 0.25) is 5.02 Å². The monoisotopic (exact) mass is 270 g/mol. The summed E-state index contributed by atoms with van der Waals surface area (Å²) in [5.41, 5.74) is 10.9. The number of primary amides is 1. The molecular weight excluding hydrogens is 256 g/mol. The van der Waals surface area contributed by atoms with E-state index in [-0.39, 0.29) is 22.3 Å². The van der Waals surface area contributed by atoms with Gasteiger partial charge in [0.1, 0.15) is 11.9 Å². The number of nitrogens with zero attached hydrogens (tertiary/aromatic N) is 1. The number of amides is 2. The van der Waals surface area contributed by atoms with Crippen LogP contribution >= 0.6 is 11.6 Å². The maximum absolute atomic E-state index is 11.9. The fourth-order valence-electron chi connectivity index (χ4n) is 1.36. The van der Waals surface area contributed by atoms with Gasteiger partial charge in [-0.1, -0.05) is 25.4 Å². The number of hydrogen-bond donors (Lipinski definition) is 3. The molecule has 6 nitrogen and oxygen atoms in total. The van der Waals surface area contributed by atoms with Gasteiger partial charge in [-0.15, -0.1) is 0 Å². The van der Waals surface area contributed by atoms with Crippen LogP contribution in [0.1, 0.15) is 24.2 Å². The van der Waals surface area contributed by atoms with Gasteiger partial charge in [-0.05, 0) is 12.0 Å². The molecule has 0 saturated heterocycles. The summed E-state index contributed by atoms with van der Waals surface area (Å²) in [6, 6.07) is 0.645. The van der Waals surface area contributed by atoms with Crippen molar-refractivity contribution >= 4 is 29.2 Å². The van der Waals surface area contributed by atoms with Crippen molar-refractivity contribution in [2.75, 3.05) is 5.73 Å². The van der Waals surface area contributed by atoms with Crippen molar-refractivity contribution in [3.63, 3.8) is 0 Å². The van der Waals surface area contributed by atoms with Crippen LogP contribution in [0.3, 0.4) is 0 Å². The highest BCUT2D eigenvalue weighted by molar-refractivity contribution is 6.33. The first-order valence-electron chi connectivity index (χ1n) is 5.34. The van der Waals surface area contributed by atoms with Gasteiger partial charge in [-0.25, -0.2) is 4.98 Å². The zero-order valence-electron chi connectivity index (χ0n) is 10.1. The minimum atomic E-state index is -0.742. The highest BCUT2D eigenvalue weighted by Gasteiger charge is 2.22. The first kappa shape index (κ1) is 14.2. The van der Waals surface area contributed by atoms with Crippen molar-refractivity contribution in [1.29, 1.82) is 0 Å². The molecular formula is C11H15ClN4O2. The number of halogens is 1. The lowest BCUT2D eigenvalue weighted by atomic mass is 10.0. The van der Waals surface area contributed by atoms with E-state index in [9.17, 15) is 9.59 Å². The minimum absolute atomic E-state index is 0.108. The second kappa shape index (κ2) is 5.68. The molecule has 0 spiro atoms. The number of nitrogen functional groups attached to an aromatic ring is 1. The summed E-state index contributed by atoms with van der Waals surface area (Å²) < 4.78 is 0. The lowest BCUT2D eigenvalue weighted by Crippen LogP contribution is -2.47. The summed E-state index contributed by atoms with van der Waals surface area (Å²) >= 11 is 5.76. The third-order valence-electron chi connectivity index (χ3n) is 2.39. The van der Waals surface area contributed by atoms with E-state index in [2.05, 4.69) is 10.3 Å². The number of anilines is 1. The second-order valence-corrected chi connectivity index (χ2v) is 4.60. The Kier molecular flexibility index (Phi) is 4.49. The summed E-state index contributed by atoms with van der Waals surface area (Å²) in [4.78, 5) is 26.8. The van der Waals surface area contributed by atoms with Gasteiger partial charge in [0.25, 0.3) is 5.91 Å². The molecule has 0 aliphatic heterocycles. The van der Waals surface area contributed by atoms with E-state index in [1.54, 1.807) is 13.8 Å². The van der Waals surface area contributed by atoms with Gasteiger partial charge < -0.3 is 16.8 Å². The molecule has 98 valence electrons. The second-order valence-electron chi connectivity index (χ2n) is 4.19. The van der Waals surface area contributed by atoms with Crippen molar-refractivity contribution in [1.82, 2.24) is 10.3 Å². The zero-order chi connectivity index (χ0) is 13.9. The molecule has 0 radical (unpaired) electrons. The van der Waals surface area contributed by atoms with Gasteiger partial charge in [0, 0.05) is 6.20 Å². The van der Waals surface area contributed by atoms with Gasteiger partial charge in [0.15, 0.2) is 0 Å². The maximum atomic E-state index is 11.9. The van der Waals surface area contributed by atoms with Crippen LogP contribution in [-0.4, -0.2) is 22.8 Å². The smallest absolute Gasteiger partial charge is 0.253 e. The van der Waals surface area contributed by atoms with Crippen LogP contribution in [0.5, 0.6) is 0 Å². The first-order chi connectivity index (χ1) is 8.32. The molecule has 2 amide bonds. The molecule has 0 saturated carbocycles. The minimum Gasteiger partial charge on any atom is -0.382 e. The topological polar surface area (TPSA) is 111 Å². The SMILES string of the molecule is CC(C)C(NC(=O)c1cnc(N)c(Cl)c1)C(N)=O. The average Bonchev–Trinajstić information content (AvgIpc) is 2.28. The molecule has 0 aliphatic carbocycles. The number of nitrogens with one attached hydrogen (secondary N) is 1. The molecule has 7 heteroatoms. The molecule has 0 bridgehead atoms. The molecule has 18 heavy (non-hydrogen) atoms. The van der Waals surface area contributed by atoms with E-state index in [4.69, 9.17) is 23.1 Å². The van der Waals surface area contributed by atoms with Crippen molar-refractivity contribution in [3.05, 3.63) is 22.8 Å². The van der Waals surface area contributed by atoms with E-state index in [0.29, 0.717) is 0 Å². The molecule has 1 heterocycles.